The molecule has 2 unspecified atom stereocenters. The summed E-state index contributed by atoms with van der Waals surface area (Å²) >= 11 is 0. The van der Waals surface area contributed by atoms with Gasteiger partial charge in [-0.05, 0) is 44.4 Å². The second-order valence-corrected chi connectivity index (χ2v) is 6.17. The quantitative estimate of drug-likeness (QED) is 0.906. The SMILES string of the molecule is CCNC1CCCCC1Cc1nc2ccccc2n1CC. The summed E-state index contributed by atoms with van der Waals surface area (Å²) in [7, 11) is 0. The molecule has 0 bridgehead atoms. The number of imidazole rings is 1. The highest BCUT2D eigenvalue weighted by Gasteiger charge is 2.26. The van der Waals surface area contributed by atoms with E-state index in [-0.39, 0.29) is 0 Å². The standard InChI is InChI=1S/C18H27N3/c1-3-19-15-10-6-5-9-14(15)13-18-20-16-11-7-8-12-17(16)21(18)4-2/h7-8,11-12,14-15,19H,3-6,9-10,13H2,1-2H3. The maximum Gasteiger partial charge on any atom is 0.110 e. The van der Waals surface area contributed by atoms with E-state index < -0.39 is 0 Å². The van der Waals surface area contributed by atoms with E-state index in [1.54, 1.807) is 0 Å². The van der Waals surface area contributed by atoms with Crippen LogP contribution in [0.15, 0.2) is 24.3 Å². The molecule has 0 radical (unpaired) electrons. The Bertz CT molecular complexity index is 585. The second kappa shape index (κ2) is 6.61. The molecule has 0 aliphatic heterocycles. The van der Waals surface area contributed by atoms with Gasteiger partial charge >= 0.3 is 0 Å². The monoisotopic (exact) mass is 285 g/mol. The molecule has 114 valence electrons. The van der Waals surface area contributed by atoms with Gasteiger partial charge in [-0.15, -0.1) is 0 Å². The van der Waals surface area contributed by atoms with Crippen LogP contribution in [0.5, 0.6) is 0 Å². The zero-order chi connectivity index (χ0) is 14.7. The Morgan fingerprint density at radius 3 is 2.81 bits per heavy atom. The van der Waals surface area contributed by atoms with Gasteiger partial charge in [0.25, 0.3) is 0 Å². The van der Waals surface area contributed by atoms with Crippen LogP contribution in [-0.2, 0) is 13.0 Å². The fourth-order valence-corrected chi connectivity index (χ4v) is 3.85. The van der Waals surface area contributed by atoms with Crippen molar-refractivity contribution >= 4 is 11.0 Å². The zero-order valence-electron chi connectivity index (χ0n) is 13.3. The van der Waals surface area contributed by atoms with Crippen LogP contribution in [0, 0.1) is 5.92 Å². The molecule has 21 heavy (non-hydrogen) atoms. The van der Waals surface area contributed by atoms with Crippen molar-refractivity contribution in [3.8, 4) is 0 Å². The van der Waals surface area contributed by atoms with Crippen LogP contribution < -0.4 is 5.32 Å². The lowest BCUT2D eigenvalue weighted by Crippen LogP contribution is -2.39. The van der Waals surface area contributed by atoms with E-state index in [2.05, 4.69) is 48.0 Å². The van der Waals surface area contributed by atoms with Crippen LogP contribution in [0.3, 0.4) is 0 Å². The molecule has 3 nitrogen and oxygen atoms in total. The topological polar surface area (TPSA) is 29.9 Å². The summed E-state index contributed by atoms with van der Waals surface area (Å²) in [5.74, 6) is 2.01. The summed E-state index contributed by atoms with van der Waals surface area (Å²) in [5.41, 5.74) is 2.43. The number of fused-ring (bicyclic) bond motifs is 1. The summed E-state index contributed by atoms with van der Waals surface area (Å²) in [6.45, 7) is 6.52. The molecule has 1 aromatic carbocycles. The van der Waals surface area contributed by atoms with Gasteiger partial charge < -0.3 is 9.88 Å². The fourth-order valence-electron chi connectivity index (χ4n) is 3.85. The third kappa shape index (κ3) is 2.98. The van der Waals surface area contributed by atoms with Gasteiger partial charge in [0.1, 0.15) is 5.82 Å². The number of hydrogen-bond donors (Lipinski definition) is 1. The normalized spacial score (nSPS) is 22.8. The van der Waals surface area contributed by atoms with Gasteiger partial charge in [0, 0.05) is 19.0 Å². The molecule has 1 aromatic heterocycles. The van der Waals surface area contributed by atoms with Gasteiger partial charge in [-0.3, -0.25) is 0 Å². The Kier molecular flexibility index (Phi) is 4.59. The Hall–Kier alpha value is -1.35. The van der Waals surface area contributed by atoms with E-state index in [0.29, 0.717) is 6.04 Å². The zero-order valence-corrected chi connectivity index (χ0v) is 13.3. The molecule has 3 rings (SSSR count). The summed E-state index contributed by atoms with van der Waals surface area (Å²) in [5, 5.41) is 3.69. The molecule has 0 saturated heterocycles. The van der Waals surface area contributed by atoms with Crippen molar-refractivity contribution in [2.24, 2.45) is 5.92 Å². The van der Waals surface area contributed by atoms with E-state index in [0.717, 1.165) is 30.9 Å². The van der Waals surface area contributed by atoms with Crippen molar-refractivity contribution in [1.29, 1.82) is 0 Å². The summed E-state index contributed by atoms with van der Waals surface area (Å²) in [6.07, 6.45) is 6.52. The van der Waals surface area contributed by atoms with Gasteiger partial charge in [0.15, 0.2) is 0 Å². The molecule has 1 aliphatic carbocycles. The van der Waals surface area contributed by atoms with Crippen LogP contribution in [0.2, 0.25) is 0 Å². The number of para-hydroxylation sites is 2. The van der Waals surface area contributed by atoms with E-state index in [1.807, 2.05) is 0 Å². The van der Waals surface area contributed by atoms with Crippen LogP contribution >= 0.6 is 0 Å². The molecule has 1 heterocycles. The molecule has 1 saturated carbocycles. The Balaban J connectivity index is 1.86. The minimum Gasteiger partial charge on any atom is -0.328 e. The molecule has 3 heteroatoms. The Labute approximate surface area is 127 Å². The highest BCUT2D eigenvalue weighted by atomic mass is 15.1. The molecule has 1 fully saturated rings. The largest absolute Gasteiger partial charge is 0.328 e. The second-order valence-electron chi connectivity index (χ2n) is 6.17. The predicted octanol–water partition coefficient (Wildman–Crippen LogP) is 3.77. The highest BCUT2D eigenvalue weighted by molar-refractivity contribution is 5.75. The predicted molar refractivity (Wildman–Crippen MR) is 88.5 cm³/mol. The average molecular weight is 285 g/mol. The summed E-state index contributed by atoms with van der Waals surface area (Å²) in [6, 6.07) is 9.20. The van der Waals surface area contributed by atoms with E-state index in [9.17, 15) is 0 Å². The minimum atomic E-state index is 0.675. The van der Waals surface area contributed by atoms with Gasteiger partial charge in [0.05, 0.1) is 11.0 Å². The summed E-state index contributed by atoms with van der Waals surface area (Å²) < 4.78 is 2.40. The number of rotatable bonds is 5. The van der Waals surface area contributed by atoms with Gasteiger partial charge in [0.2, 0.25) is 0 Å². The number of aryl methyl sites for hydroxylation is 1. The first-order valence-corrected chi connectivity index (χ1v) is 8.51. The molecule has 0 spiro atoms. The van der Waals surface area contributed by atoms with Crippen molar-refractivity contribution in [3.05, 3.63) is 30.1 Å². The van der Waals surface area contributed by atoms with Crippen LogP contribution in [0.25, 0.3) is 11.0 Å². The van der Waals surface area contributed by atoms with Crippen LogP contribution in [-0.4, -0.2) is 22.1 Å². The third-order valence-electron chi connectivity index (χ3n) is 4.87. The van der Waals surface area contributed by atoms with Gasteiger partial charge in [-0.25, -0.2) is 4.98 Å². The van der Waals surface area contributed by atoms with Gasteiger partial charge in [-0.1, -0.05) is 31.9 Å². The first-order valence-electron chi connectivity index (χ1n) is 8.51. The average Bonchev–Trinajstić information content (AvgIpc) is 2.86. The summed E-state index contributed by atoms with van der Waals surface area (Å²) in [4.78, 5) is 4.91. The molecule has 0 amide bonds. The smallest absolute Gasteiger partial charge is 0.110 e. The van der Waals surface area contributed by atoms with Crippen molar-refractivity contribution in [2.45, 2.75) is 58.5 Å². The molecular weight excluding hydrogens is 258 g/mol. The highest BCUT2D eigenvalue weighted by Crippen LogP contribution is 2.28. The number of nitrogens with zero attached hydrogens (tertiary/aromatic N) is 2. The third-order valence-corrected chi connectivity index (χ3v) is 4.87. The molecular formula is C18H27N3. The number of aromatic nitrogens is 2. The first-order chi connectivity index (χ1) is 10.3. The number of benzene rings is 1. The maximum absolute atomic E-state index is 4.91. The molecule has 1 aliphatic rings. The Morgan fingerprint density at radius 2 is 2.00 bits per heavy atom. The van der Waals surface area contributed by atoms with Crippen molar-refractivity contribution in [1.82, 2.24) is 14.9 Å². The molecule has 2 atom stereocenters. The fraction of sp³-hybridized carbons (Fsp3) is 0.611. The Morgan fingerprint density at radius 1 is 1.19 bits per heavy atom. The number of nitrogens with one attached hydrogen (secondary N) is 1. The lowest BCUT2D eigenvalue weighted by molar-refractivity contribution is 0.259. The number of hydrogen-bond acceptors (Lipinski definition) is 2. The van der Waals surface area contributed by atoms with Crippen molar-refractivity contribution < 1.29 is 0 Å². The van der Waals surface area contributed by atoms with E-state index >= 15 is 0 Å². The lowest BCUT2D eigenvalue weighted by Gasteiger charge is -2.32. The van der Waals surface area contributed by atoms with Crippen LogP contribution in [0.1, 0.15) is 45.4 Å². The lowest BCUT2D eigenvalue weighted by atomic mass is 9.82. The van der Waals surface area contributed by atoms with Crippen molar-refractivity contribution in [3.63, 3.8) is 0 Å². The molecule has 1 N–H and O–H groups in total. The van der Waals surface area contributed by atoms with Crippen LogP contribution in [0.4, 0.5) is 0 Å². The van der Waals surface area contributed by atoms with E-state index in [1.165, 1.54) is 37.0 Å². The molecule has 2 aromatic rings. The van der Waals surface area contributed by atoms with Crippen molar-refractivity contribution in [2.75, 3.05) is 6.54 Å². The minimum absolute atomic E-state index is 0.675. The van der Waals surface area contributed by atoms with E-state index in [4.69, 9.17) is 4.98 Å². The first kappa shape index (κ1) is 14.6. The van der Waals surface area contributed by atoms with Gasteiger partial charge in [-0.2, -0.15) is 0 Å². The maximum atomic E-state index is 4.91.